The second kappa shape index (κ2) is 12.6. The number of halogens is 1. The number of carbonyl (C=O) groups is 3. The molecule has 7 nitrogen and oxygen atoms in total. The van der Waals surface area contributed by atoms with Gasteiger partial charge in [-0.05, 0) is 43.0 Å². The minimum atomic E-state index is -0.747. The summed E-state index contributed by atoms with van der Waals surface area (Å²) in [6.07, 6.45) is 0.700. The molecule has 196 valence electrons. The number of hydrogen-bond donors (Lipinski definition) is 0. The molecule has 2 aromatic rings. The molecule has 3 atom stereocenters. The van der Waals surface area contributed by atoms with Crippen molar-refractivity contribution in [1.29, 1.82) is 0 Å². The molecule has 1 heterocycles. The Morgan fingerprint density at radius 2 is 1.67 bits per heavy atom. The SMILES string of the molecule is COc1ccnc(C(=O)C[C@H](C(=O)O[C@@H](C)[C@@H](C)c2ccc(F)cc2C)C(C)C)c1OC(=O)C(C)C. The van der Waals surface area contributed by atoms with Crippen LogP contribution in [-0.2, 0) is 14.3 Å². The molecule has 0 aliphatic carbocycles. The second-order valence-corrected chi connectivity index (χ2v) is 9.68. The maximum absolute atomic E-state index is 13.5. The van der Waals surface area contributed by atoms with Crippen LogP contribution >= 0.6 is 0 Å². The summed E-state index contributed by atoms with van der Waals surface area (Å²) in [7, 11) is 1.40. The van der Waals surface area contributed by atoms with Crippen LogP contribution in [-0.4, -0.2) is 35.9 Å². The van der Waals surface area contributed by atoms with Crippen molar-refractivity contribution in [3.05, 3.63) is 53.1 Å². The monoisotopic (exact) mass is 501 g/mol. The summed E-state index contributed by atoms with van der Waals surface area (Å²) in [4.78, 5) is 42.8. The number of rotatable bonds is 11. The molecule has 0 aliphatic heterocycles. The number of benzene rings is 1. The second-order valence-electron chi connectivity index (χ2n) is 9.68. The Balaban J connectivity index is 2.23. The Labute approximate surface area is 212 Å². The van der Waals surface area contributed by atoms with Gasteiger partial charge >= 0.3 is 11.9 Å². The van der Waals surface area contributed by atoms with Crippen molar-refractivity contribution < 1.29 is 33.0 Å². The third-order valence-corrected chi connectivity index (χ3v) is 6.27. The summed E-state index contributed by atoms with van der Waals surface area (Å²) in [5.74, 6) is -3.26. The Kier molecular flexibility index (Phi) is 10.1. The first kappa shape index (κ1) is 28.9. The summed E-state index contributed by atoms with van der Waals surface area (Å²) in [6.45, 7) is 12.5. The van der Waals surface area contributed by atoms with Gasteiger partial charge in [-0.1, -0.05) is 40.7 Å². The number of aromatic nitrogens is 1. The lowest BCUT2D eigenvalue weighted by Gasteiger charge is -2.26. The normalized spacial score (nSPS) is 13.8. The van der Waals surface area contributed by atoms with Crippen molar-refractivity contribution in [1.82, 2.24) is 4.98 Å². The highest BCUT2D eigenvalue weighted by Crippen LogP contribution is 2.33. The first-order chi connectivity index (χ1) is 16.9. The summed E-state index contributed by atoms with van der Waals surface area (Å²) in [5, 5.41) is 0. The lowest BCUT2D eigenvalue weighted by Crippen LogP contribution is -2.31. The number of nitrogens with zero attached hydrogens (tertiary/aromatic N) is 1. The number of hydrogen-bond acceptors (Lipinski definition) is 7. The molecule has 1 aromatic carbocycles. The van der Waals surface area contributed by atoms with Crippen LogP contribution in [0.15, 0.2) is 30.5 Å². The topological polar surface area (TPSA) is 91.8 Å². The molecule has 0 unspecified atom stereocenters. The van der Waals surface area contributed by atoms with Crippen LogP contribution in [0.1, 0.15) is 75.5 Å². The zero-order chi connectivity index (χ0) is 27.2. The molecular formula is C28H36FNO6. The molecular weight excluding hydrogens is 465 g/mol. The molecule has 36 heavy (non-hydrogen) atoms. The first-order valence-corrected chi connectivity index (χ1v) is 12.1. The number of esters is 2. The fourth-order valence-corrected chi connectivity index (χ4v) is 3.77. The Morgan fingerprint density at radius 3 is 2.22 bits per heavy atom. The number of pyridine rings is 1. The van der Waals surface area contributed by atoms with Crippen molar-refractivity contribution in [3.8, 4) is 11.5 Å². The maximum atomic E-state index is 13.5. The number of aryl methyl sites for hydroxylation is 1. The van der Waals surface area contributed by atoms with Gasteiger partial charge in [0, 0.05) is 24.6 Å². The van der Waals surface area contributed by atoms with E-state index in [0.717, 1.165) is 11.1 Å². The van der Waals surface area contributed by atoms with Crippen molar-refractivity contribution in [2.75, 3.05) is 7.11 Å². The molecule has 1 aromatic heterocycles. The maximum Gasteiger partial charge on any atom is 0.313 e. The van der Waals surface area contributed by atoms with Crippen LogP contribution in [0.4, 0.5) is 4.39 Å². The highest BCUT2D eigenvalue weighted by atomic mass is 19.1. The largest absolute Gasteiger partial charge is 0.493 e. The van der Waals surface area contributed by atoms with Crippen LogP contribution in [0.25, 0.3) is 0 Å². The third-order valence-electron chi connectivity index (χ3n) is 6.27. The average Bonchev–Trinajstić information content (AvgIpc) is 2.81. The summed E-state index contributed by atoms with van der Waals surface area (Å²) in [6, 6.07) is 6.01. The number of Topliss-reactive ketones (excluding diaryl/α,β-unsaturated/α-hetero) is 1. The predicted octanol–water partition coefficient (Wildman–Crippen LogP) is 5.68. The molecule has 0 fully saturated rings. The quantitative estimate of drug-likeness (QED) is 0.289. The van der Waals surface area contributed by atoms with Crippen LogP contribution in [0, 0.1) is 30.5 Å². The first-order valence-electron chi connectivity index (χ1n) is 12.1. The summed E-state index contributed by atoms with van der Waals surface area (Å²) in [5.41, 5.74) is 1.57. The van der Waals surface area contributed by atoms with E-state index in [0.29, 0.717) is 0 Å². The van der Waals surface area contributed by atoms with Gasteiger partial charge in [0.25, 0.3) is 0 Å². The molecule has 8 heteroatoms. The standard InChI is InChI=1S/C28H36FNO6/c1-15(2)22(28(33)35-19(7)18(6)21-10-9-20(29)13-17(21)5)14-23(31)25-26(36-27(32)16(3)4)24(34-8)11-12-30-25/h9-13,15-16,18-19,22H,14H2,1-8H3/t18-,19+,22+/m1/s1. The van der Waals surface area contributed by atoms with Gasteiger partial charge in [-0.3, -0.25) is 14.4 Å². The van der Waals surface area contributed by atoms with Gasteiger partial charge in [0.15, 0.2) is 17.2 Å². The van der Waals surface area contributed by atoms with Crippen LogP contribution in [0.3, 0.4) is 0 Å². The van der Waals surface area contributed by atoms with Gasteiger partial charge in [0.2, 0.25) is 5.75 Å². The van der Waals surface area contributed by atoms with E-state index >= 15 is 0 Å². The lowest BCUT2D eigenvalue weighted by atomic mass is 9.89. The van der Waals surface area contributed by atoms with Crippen molar-refractivity contribution >= 4 is 17.7 Å². The molecule has 0 aliphatic rings. The number of methoxy groups -OCH3 is 1. The smallest absolute Gasteiger partial charge is 0.313 e. The van der Waals surface area contributed by atoms with Crippen LogP contribution in [0.2, 0.25) is 0 Å². The van der Waals surface area contributed by atoms with Gasteiger partial charge < -0.3 is 14.2 Å². The molecule has 0 radical (unpaired) electrons. The Hall–Kier alpha value is -3.29. The van der Waals surface area contributed by atoms with Crippen LogP contribution in [0.5, 0.6) is 11.5 Å². The Morgan fingerprint density at radius 1 is 1.00 bits per heavy atom. The molecule has 0 bridgehead atoms. The molecule has 0 spiro atoms. The van der Waals surface area contributed by atoms with E-state index in [4.69, 9.17) is 14.2 Å². The van der Waals surface area contributed by atoms with E-state index in [1.54, 1.807) is 26.8 Å². The van der Waals surface area contributed by atoms with E-state index in [-0.39, 0.29) is 41.3 Å². The van der Waals surface area contributed by atoms with Crippen molar-refractivity contribution in [3.63, 3.8) is 0 Å². The van der Waals surface area contributed by atoms with E-state index in [9.17, 15) is 18.8 Å². The number of ketones is 1. The minimum absolute atomic E-state index is 0.0617. The van der Waals surface area contributed by atoms with Gasteiger partial charge in [-0.25, -0.2) is 9.37 Å². The van der Waals surface area contributed by atoms with E-state index in [2.05, 4.69) is 4.98 Å². The molecule has 0 saturated heterocycles. The summed E-state index contributed by atoms with van der Waals surface area (Å²) >= 11 is 0. The zero-order valence-corrected chi connectivity index (χ0v) is 22.3. The average molecular weight is 502 g/mol. The fourth-order valence-electron chi connectivity index (χ4n) is 3.77. The van der Waals surface area contributed by atoms with E-state index in [1.807, 2.05) is 27.7 Å². The third kappa shape index (κ3) is 7.12. The van der Waals surface area contributed by atoms with Crippen molar-refractivity contribution in [2.45, 2.75) is 66.9 Å². The van der Waals surface area contributed by atoms with Gasteiger partial charge in [0.05, 0.1) is 18.9 Å². The highest BCUT2D eigenvalue weighted by molar-refractivity contribution is 6.00. The Bertz CT molecular complexity index is 1100. The summed E-state index contributed by atoms with van der Waals surface area (Å²) < 4.78 is 30.0. The highest BCUT2D eigenvalue weighted by Gasteiger charge is 2.32. The number of ether oxygens (including phenoxy) is 3. The lowest BCUT2D eigenvalue weighted by molar-refractivity contribution is -0.155. The fraction of sp³-hybridized carbons (Fsp3) is 0.500. The van der Waals surface area contributed by atoms with E-state index in [1.165, 1.54) is 31.5 Å². The van der Waals surface area contributed by atoms with Crippen LogP contribution < -0.4 is 9.47 Å². The number of carbonyl (C=O) groups excluding carboxylic acids is 3. The molecule has 0 N–H and O–H groups in total. The van der Waals surface area contributed by atoms with Crippen molar-refractivity contribution in [2.24, 2.45) is 17.8 Å². The molecule has 2 rings (SSSR count). The van der Waals surface area contributed by atoms with E-state index < -0.39 is 35.7 Å². The minimum Gasteiger partial charge on any atom is -0.493 e. The molecule has 0 amide bonds. The van der Waals surface area contributed by atoms with Gasteiger partial charge in [0.1, 0.15) is 11.9 Å². The van der Waals surface area contributed by atoms with Gasteiger partial charge in [-0.15, -0.1) is 0 Å². The zero-order valence-electron chi connectivity index (χ0n) is 22.3. The molecule has 0 saturated carbocycles. The van der Waals surface area contributed by atoms with Gasteiger partial charge in [-0.2, -0.15) is 0 Å². The predicted molar refractivity (Wildman–Crippen MR) is 134 cm³/mol.